The lowest BCUT2D eigenvalue weighted by molar-refractivity contribution is -0.192. The van der Waals surface area contributed by atoms with Gasteiger partial charge in [-0.3, -0.25) is 4.79 Å². The predicted molar refractivity (Wildman–Crippen MR) is 103 cm³/mol. The van der Waals surface area contributed by atoms with Crippen LogP contribution in [0.5, 0.6) is 0 Å². The van der Waals surface area contributed by atoms with E-state index in [1.54, 1.807) is 0 Å². The van der Waals surface area contributed by atoms with Crippen molar-refractivity contribution in [1.82, 2.24) is 19.4 Å². The van der Waals surface area contributed by atoms with Gasteiger partial charge in [0, 0.05) is 32.3 Å². The van der Waals surface area contributed by atoms with Gasteiger partial charge in [-0.2, -0.15) is 13.2 Å². The van der Waals surface area contributed by atoms with Gasteiger partial charge >= 0.3 is 12.1 Å². The first-order valence-electron chi connectivity index (χ1n) is 9.37. The van der Waals surface area contributed by atoms with Gasteiger partial charge in [-0.1, -0.05) is 30.3 Å². The highest BCUT2D eigenvalue weighted by atomic mass is 19.4. The van der Waals surface area contributed by atoms with E-state index < -0.39 is 12.1 Å². The van der Waals surface area contributed by atoms with Crippen molar-refractivity contribution in [2.75, 3.05) is 20.6 Å². The fourth-order valence-electron chi connectivity index (χ4n) is 2.98. The molecule has 10 heteroatoms. The van der Waals surface area contributed by atoms with Gasteiger partial charge in [-0.15, -0.1) is 0 Å². The van der Waals surface area contributed by atoms with Gasteiger partial charge in [0.25, 0.3) is 0 Å². The van der Waals surface area contributed by atoms with Gasteiger partial charge in [0.15, 0.2) is 0 Å². The molecule has 0 atom stereocenters. The first kappa shape index (κ1) is 23.4. The van der Waals surface area contributed by atoms with Crippen molar-refractivity contribution in [3.8, 4) is 0 Å². The van der Waals surface area contributed by atoms with E-state index in [0.29, 0.717) is 13.0 Å². The molecule has 164 valence electrons. The Labute approximate surface area is 172 Å². The summed E-state index contributed by atoms with van der Waals surface area (Å²) >= 11 is 0. The van der Waals surface area contributed by atoms with E-state index in [1.165, 1.54) is 5.56 Å². The van der Waals surface area contributed by atoms with Gasteiger partial charge in [-0.05, 0) is 26.1 Å². The number of nitrogens with zero attached hydrogens (tertiary/aromatic N) is 4. The van der Waals surface area contributed by atoms with E-state index in [2.05, 4.69) is 32.8 Å². The molecule has 1 aromatic carbocycles. The molecule has 1 aliphatic heterocycles. The molecule has 1 aliphatic rings. The highest BCUT2D eigenvalue weighted by Gasteiger charge is 2.38. The number of carbonyl (C=O) groups excluding carboxylic acids is 1. The topological polar surface area (TPSA) is 78.7 Å². The summed E-state index contributed by atoms with van der Waals surface area (Å²) in [5, 5.41) is 7.12. The third kappa shape index (κ3) is 7.18. The van der Waals surface area contributed by atoms with Gasteiger partial charge in [0.2, 0.25) is 5.91 Å². The van der Waals surface area contributed by atoms with Crippen LogP contribution in [0.15, 0.2) is 36.5 Å². The molecule has 0 saturated heterocycles. The normalized spacial score (nSPS) is 13.5. The standard InChI is InChI=1S/C18H24N4O.C2HF3O2/c1-20(2)12-16-13-21-10-11-22(14-17(21)19-16)18(23)9-8-15-6-4-3-5-7-15;3-2(4,5)1(6)7/h3-7,13H,8-12,14H2,1-2H3;(H,6,7). The molecule has 30 heavy (non-hydrogen) atoms. The molecule has 0 bridgehead atoms. The van der Waals surface area contributed by atoms with Crippen molar-refractivity contribution >= 4 is 11.9 Å². The number of aliphatic carboxylic acids is 1. The molecule has 0 fully saturated rings. The number of imidazole rings is 1. The zero-order chi connectivity index (χ0) is 22.3. The Balaban J connectivity index is 0.000000396. The van der Waals surface area contributed by atoms with E-state index >= 15 is 0 Å². The lowest BCUT2D eigenvalue weighted by atomic mass is 10.1. The molecule has 1 N–H and O–H groups in total. The molecule has 0 saturated carbocycles. The quantitative estimate of drug-likeness (QED) is 0.795. The number of alkyl halides is 3. The number of carboxylic acid groups (broad SMARTS) is 1. The molecule has 0 spiro atoms. The van der Waals surface area contributed by atoms with Gasteiger partial charge in [0.05, 0.1) is 12.2 Å². The summed E-state index contributed by atoms with van der Waals surface area (Å²) in [5.74, 6) is -1.54. The Morgan fingerprint density at radius 3 is 2.37 bits per heavy atom. The number of carboxylic acids is 1. The van der Waals surface area contributed by atoms with Crippen molar-refractivity contribution in [3.63, 3.8) is 0 Å². The third-order valence-electron chi connectivity index (χ3n) is 4.40. The zero-order valence-electron chi connectivity index (χ0n) is 16.9. The van der Waals surface area contributed by atoms with Crippen molar-refractivity contribution in [1.29, 1.82) is 0 Å². The lowest BCUT2D eigenvalue weighted by Gasteiger charge is -2.27. The molecule has 1 aromatic heterocycles. The largest absolute Gasteiger partial charge is 0.490 e. The molecule has 1 amide bonds. The number of amides is 1. The minimum atomic E-state index is -5.08. The Hall–Kier alpha value is -2.88. The second-order valence-corrected chi connectivity index (χ2v) is 7.18. The smallest absolute Gasteiger partial charge is 0.475 e. The summed E-state index contributed by atoms with van der Waals surface area (Å²) in [6.07, 6.45) is -1.60. The summed E-state index contributed by atoms with van der Waals surface area (Å²) in [5.41, 5.74) is 2.29. The fourth-order valence-corrected chi connectivity index (χ4v) is 2.98. The number of hydrogen-bond donors (Lipinski definition) is 1. The van der Waals surface area contributed by atoms with Gasteiger partial charge in [0.1, 0.15) is 5.82 Å². The van der Waals surface area contributed by atoms with Gasteiger partial charge in [-0.25, -0.2) is 9.78 Å². The number of aromatic nitrogens is 2. The Kier molecular flexibility index (Phi) is 7.99. The molecule has 7 nitrogen and oxygen atoms in total. The maximum Gasteiger partial charge on any atom is 0.490 e. The minimum absolute atomic E-state index is 0.220. The number of halogens is 3. The van der Waals surface area contributed by atoms with Crippen LogP contribution in [-0.4, -0.2) is 63.2 Å². The summed E-state index contributed by atoms with van der Waals surface area (Å²) in [6, 6.07) is 10.2. The number of aryl methyl sites for hydroxylation is 1. The average Bonchev–Trinajstić information content (AvgIpc) is 3.07. The number of benzene rings is 1. The summed E-state index contributed by atoms with van der Waals surface area (Å²) in [6.45, 7) is 3.08. The van der Waals surface area contributed by atoms with Crippen LogP contribution in [0.2, 0.25) is 0 Å². The summed E-state index contributed by atoms with van der Waals surface area (Å²) in [7, 11) is 4.08. The first-order valence-corrected chi connectivity index (χ1v) is 9.37. The lowest BCUT2D eigenvalue weighted by Crippen LogP contribution is -2.38. The van der Waals surface area contributed by atoms with Crippen LogP contribution in [0.1, 0.15) is 23.5 Å². The fraction of sp³-hybridized carbons (Fsp3) is 0.450. The van der Waals surface area contributed by atoms with E-state index in [4.69, 9.17) is 9.90 Å². The molecule has 0 aliphatic carbocycles. The Morgan fingerprint density at radius 1 is 1.17 bits per heavy atom. The third-order valence-corrected chi connectivity index (χ3v) is 4.40. The second-order valence-electron chi connectivity index (χ2n) is 7.18. The monoisotopic (exact) mass is 426 g/mol. The van der Waals surface area contributed by atoms with Crippen molar-refractivity contribution < 1.29 is 27.9 Å². The number of carbonyl (C=O) groups is 2. The highest BCUT2D eigenvalue weighted by molar-refractivity contribution is 5.76. The van der Waals surface area contributed by atoms with Crippen molar-refractivity contribution in [3.05, 3.63) is 53.6 Å². The number of hydrogen-bond acceptors (Lipinski definition) is 4. The summed E-state index contributed by atoms with van der Waals surface area (Å²) in [4.78, 5) is 30.1. The van der Waals surface area contributed by atoms with Crippen LogP contribution in [0.4, 0.5) is 13.2 Å². The molecule has 0 radical (unpaired) electrons. The Morgan fingerprint density at radius 2 is 1.80 bits per heavy atom. The van der Waals surface area contributed by atoms with Crippen LogP contribution in [0, 0.1) is 0 Å². The molecule has 0 unspecified atom stereocenters. The van der Waals surface area contributed by atoms with Crippen LogP contribution in [-0.2, 0) is 35.6 Å². The van der Waals surface area contributed by atoms with Crippen molar-refractivity contribution in [2.45, 2.75) is 38.7 Å². The molecule has 2 heterocycles. The number of fused-ring (bicyclic) bond motifs is 1. The van der Waals surface area contributed by atoms with Crippen LogP contribution in [0.3, 0.4) is 0 Å². The SMILES string of the molecule is CN(C)Cc1cn2c(n1)CN(C(=O)CCc1ccccc1)CC2.O=C(O)C(F)(F)F. The van der Waals surface area contributed by atoms with Crippen LogP contribution in [0.25, 0.3) is 0 Å². The van der Waals surface area contributed by atoms with E-state index in [1.807, 2.05) is 37.2 Å². The predicted octanol–water partition coefficient (Wildman–Crippen LogP) is 2.55. The maximum atomic E-state index is 12.4. The van der Waals surface area contributed by atoms with Crippen molar-refractivity contribution in [2.24, 2.45) is 0 Å². The van der Waals surface area contributed by atoms with Crippen LogP contribution < -0.4 is 0 Å². The van der Waals surface area contributed by atoms with Crippen LogP contribution >= 0.6 is 0 Å². The highest BCUT2D eigenvalue weighted by Crippen LogP contribution is 2.15. The van der Waals surface area contributed by atoms with E-state index in [0.717, 1.165) is 37.6 Å². The first-order chi connectivity index (χ1) is 14.1. The van der Waals surface area contributed by atoms with E-state index in [9.17, 15) is 18.0 Å². The summed E-state index contributed by atoms with van der Waals surface area (Å²) < 4.78 is 33.9. The molecular formula is C20H25F3N4O3. The molecule has 3 rings (SSSR count). The second kappa shape index (κ2) is 10.2. The Bertz CT molecular complexity index is 851. The van der Waals surface area contributed by atoms with Gasteiger partial charge < -0.3 is 19.5 Å². The molecule has 2 aromatic rings. The zero-order valence-corrected chi connectivity index (χ0v) is 16.9. The maximum absolute atomic E-state index is 12.4. The molecular weight excluding hydrogens is 401 g/mol. The number of rotatable bonds is 5. The van der Waals surface area contributed by atoms with E-state index in [-0.39, 0.29) is 5.91 Å². The minimum Gasteiger partial charge on any atom is -0.475 e. The average molecular weight is 426 g/mol.